The number of hydrogen-bond donors (Lipinski definition) is 3. The highest BCUT2D eigenvalue weighted by Crippen LogP contribution is 2.32. The summed E-state index contributed by atoms with van der Waals surface area (Å²) in [4.78, 5) is 20.2. The van der Waals surface area contributed by atoms with E-state index in [1.165, 1.54) is 12.1 Å². The van der Waals surface area contributed by atoms with Crippen LogP contribution in [-0.4, -0.2) is 34.0 Å². The zero-order valence-electron chi connectivity index (χ0n) is 18.6. The zero-order valence-corrected chi connectivity index (χ0v) is 18.6. The van der Waals surface area contributed by atoms with Crippen LogP contribution in [0.15, 0.2) is 59.7 Å². The lowest BCUT2D eigenvalue weighted by Crippen LogP contribution is -2.39. The van der Waals surface area contributed by atoms with Gasteiger partial charge in [0.1, 0.15) is 17.1 Å². The molecule has 0 unspecified atom stereocenters. The van der Waals surface area contributed by atoms with Crippen molar-refractivity contribution in [3.8, 4) is 11.5 Å². The molecule has 4 N–H and O–H groups in total. The molecule has 0 radical (unpaired) electrons. The topological polar surface area (TPSA) is 87.1 Å². The van der Waals surface area contributed by atoms with Crippen molar-refractivity contribution in [3.05, 3.63) is 93.5 Å². The molecule has 176 valence electrons. The monoisotopic (exact) mass is 464 g/mol. The molecule has 0 bridgehead atoms. The molecule has 1 aliphatic heterocycles. The maximum Gasteiger partial charge on any atom is 0.272 e. The molecule has 3 heterocycles. The van der Waals surface area contributed by atoms with E-state index in [2.05, 4.69) is 20.9 Å². The zero-order chi connectivity index (χ0) is 23.7. The summed E-state index contributed by atoms with van der Waals surface area (Å²) in [5.41, 5.74) is 9.22. The summed E-state index contributed by atoms with van der Waals surface area (Å²) < 4.78 is 33.5. The Bertz CT molecular complexity index is 1370. The number of likely N-dealkylation sites (tertiary alicyclic amines) is 1. The van der Waals surface area contributed by atoms with E-state index in [-0.39, 0.29) is 17.4 Å². The molecular weight excluding hydrogens is 438 g/mol. The van der Waals surface area contributed by atoms with Crippen LogP contribution in [0.3, 0.4) is 0 Å². The van der Waals surface area contributed by atoms with Crippen molar-refractivity contribution >= 4 is 10.9 Å². The second-order valence-corrected chi connectivity index (χ2v) is 8.82. The number of ether oxygens (including phenoxy) is 1. The molecule has 1 aliphatic rings. The maximum atomic E-state index is 14.3. The molecule has 4 aromatic rings. The number of aromatic amines is 2. The normalized spacial score (nSPS) is 15.1. The first-order valence-electron chi connectivity index (χ1n) is 11.4. The van der Waals surface area contributed by atoms with Crippen LogP contribution in [0.1, 0.15) is 29.5 Å². The Labute approximate surface area is 195 Å². The van der Waals surface area contributed by atoms with E-state index < -0.39 is 11.6 Å². The lowest BCUT2D eigenvalue weighted by molar-refractivity contribution is 0.205. The first-order chi connectivity index (χ1) is 16.5. The van der Waals surface area contributed by atoms with Crippen molar-refractivity contribution < 1.29 is 13.5 Å². The third kappa shape index (κ3) is 4.73. The summed E-state index contributed by atoms with van der Waals surface area (Å²) in [6.45, 7) is 2.67. The van der Waals surface area contributed by atoms with Gasteiger partial charge in [-0.2, -0.15) is 0 Å². The van der Waals surface area contributed by atoms with E-state index in [0.29, 0.717) is 17.7 Å². The number of rotatable bonds is 6. The average molecular weight is 465 g/mol. The maximum absolute atomic E-state index is 14.3. The number of hydrogen-bond acceptors (Lipinski definition) is 4. The Morgan fingerprint density at radius 1 is 1.00 bits per heavy atom. The van der Waals surface area contributed by atoms with Gasteiger partial charge in [-0.15, -0.1) is 0 Å². The van der Waals surface area contributed by atoms with Crippen LogP contribution in [0.25, 0.3) is 10.9 Å². The van der Waals surface area contributed by atoms with Gasteiger partial charge in [-0.25, -0.2) is 8.78 Å². The van der Waals surface area contributed by atoms with Gasteiger partial charge in [-0.05, 0) is 66.9 Å². The Kier molecular flexibility index (Phi) is 6.17. The molecule has 5 rings (SSSR count). The van der Waals surface area contributed by atoms with Gasteiger partial charge < -0.3 is 20.4 Å². The molecule has 34 heavy (non-hydrogen) atoms. The first-order valence-corrected chi connectivity index (χ1v) is 11.4. The van der Waals surface area contributed by atoms with Gasteiger partial charge >= 0.3 is 0 Å². The molecule has 2 aromatic heterocycles. The quantitative estimate of drug-likeness (QED) is 0.394. The van der Waals surface area contributed by atoms with Crippen LogP contribution in [0.4, 0.5) is 8.78 Å². The van der Waals surface area contributed by atoms with E-state index >= 15 is 0 Å². The molecule has 1 fully saturated rings. The van der Waals surface area contributed by atoms with Gasteiger partial charge in [-0.3, -0.25) is 9.69 Å². The summed E-state index contributed by atoms with van der Waals surface area (Å²) in [6.07, 6.45) is 5.84. The lowest BCUT2D eigenvalue weighted by Gasteiger charge is -2.30. The highest BCUT2D eigenvalue weighted by Gasteiger charge is 2.18. The van der Waals surface area contributed by atoms with Crippen molar-refractivity contribution in [2.24, 2.45) is 5.73 Å². The number of piperidine rings is 1. The van der Waals surface area contributed by atoms with Crippen molar-refractivity contribution in [1.82, 2.24) is 14.9 Å². The molecule has 6 nitrogen and oxygen atoms in total. The summed E-state index contributed by atoms with van der Waals surface area (Å²) in [5.74, 6) is -0.992. The number of H-pyrrole nitrogens is 2. The van der Waals surface area contributed by atoms with Gasteiger partial charge in [0.15, 0.2) is 11.6 Å². The lowest BCUT2D eigenvalue weighted by atomic mass is 10.00. The first kappa shape index (κ1) is 22.3. The van der Waals surface area contributed by atoms with Crippen molar-refractivity contribution in [1.29, 1.82) is 0 Å². The second kappa shape index (κ2) is 9.40. The molecule has 8 heteroatoms. The Morgan fingerprint density at radius 2 is 1.79 bits per heavy atom. The van der Waals surface area contributed by atoms with Crippen LogP contribution < -0.4 is 16.0 Å². The predicted octanol–water partition coefficient (Wildman–Crippen LogP) is 4.44. The molecule has 0 aliphatic carbocycles. The van der Waals surface area contributed by atoms with E-state index in [1.807, 2.05) is 18.2 Å². The van der Waals surface area contributed by atoms with Crippen LogP contribution >= 0.6 is 0 Å². The highest BCUT2D eigenvalue weighted by molar-refractivity contribution is 5.82. The third-order valence-electron chi connectivity index (χ3n) is 6.36. The van der Waals surface area contributed by atoms with Crippen molar-refractivity contribution in [3.63, 3.8) is 0 Å². The minimum absolute atomic E-state index is 0.0456. The molecule has 0 atom stereocenters. The number of benzene rings is 2. The van der Waals surface area contributed by atoms with Gasteiger partial charge in [0.25, 0.3) is 5.56 Å². The van der Waals surface area contributed by atoms with E-state index in [4.69, 9.17) is 10.5 Å². The minimum Gasteiger partial charge on any atom is -0.454 e. The smallest absolute Gasteiger partial charge is 0.272 e. The molecule has 0 amide bonds. The van der Waals surface area contributed by atoms with Crippen LogP contribution in [0.2, 0.25) is 0 Å². The average Bonchev–Trinajstić information content (AvgIpc) is 3.23. The van der Waals surface area contributed by atoms with E-state index in [9.17, 15) is 13.6 Å². The fraction of sp³-hybridized carbons (Fsp3) is 0.269. The predicted molar refractivity (Wildman–Crippen MR) is 127 cm³/mol. The van der Waals surface area contributed by atoms with Crippen LogP contribution in [-0.2, 0) is 13.0 Å². The minimum atomic E-state index is -0.765. The molecule has 2 aromatic carbocycles. The number of pyridine rings is 1. The van der Waals surface area contributed by atoms with Gasteiger partial charge in [0.2, 0.25) is 0 Å². The fourth-order valence-corrected chi connectivity index (χ4v) is 4.49. The van der Waals surface area contributed by atoms with Crippen molar-refractivity contribution in [2.75, 3.05) is 13.1 Å². The third-order valence-corrected chi connectivity index (χ3v) is 6.36. The molecule has 1 saturated heterocycles. The molecule has 0 spiro atoms. The highest BCUT2D eigenvalue weighted by atomic mass is 19.1. The van der Waals surface area contributed by atoms with Gasteiger partial charge in [-0.1, -0.05) is 12.1 Å². The van der Waals surface area contributed by atoms with E-state index in [0.717, 1.165) is 60.6 Å². The van der Waals surface area contributed by atoms with E-state index in [1.54, 1.807) is 12.4 Å². The standard InChI is InChI=1S/C26H26F2N4O2/c27-19-2-4-24(22(28)13-19)34-23-3-1-16(15-32-9-6-20(29)7-10-32)11-17(23)12-18-14-31-25-21(18)5-8-30-26(25)33/h1-5,8,11,13-14,20,31H,6-7,9-10,12,15,29H2,(H,30,33). The number of aromatic nitrogens is 2. The summed E-state index contributed by atoms with van der Waals surface area (Å²) in [6, 6.07) is 11.2. The number of fused-ring (bicyclic) bond motifs is 1. The number of nitrogens with zero attached hydrogens (tertiary/aromatic N) is 1. The summed E-state index contributed by atoms with van der Waals surface area (Å²) in [5, 5.41) is 0.818. The Hall–Kier alpha value is -3.49. The number of nitrogens with one attached hydrogen (secondary N) is 2. The Balaban J connectivity index is 1.48. The van der Waals surface area contributed by atoms with Crippen LogP contribution in [0, 0.1) is 11.6 Å². The van der Waals surface area contributed by atoms with Crippen molar-refractivity contribution in [2.45, 2.75) is 31.8 Å². The largest absolute Gasteiger partial charge is 0.454 e. The number of halogens is 2. The Morgan fingerprint density at radius 3 is 2.59 bits per heavy atom. The fourth-order valence-electron chi connectivity index (χ4n) is 4.49. The SMILES string of the molecule is NC1CCN(Cc2ccc(Oc3ccc(F)cc3F)c(Cc3c[nH]c4c(=O)[nH]ccc34)c2)CC1. The van der Waals surface area contributed by atoms with Crippen LogP contribution in [0.5, 0.6) is 11.5 Å². The molecule has 0 saturated carbocycles. The van der Waals surface area contributed by atoms with Gasteiger partial charge in [0.05, 0.1) is 0 Å². The molecular formula is C26H26F2N4O2. The second-order valence-electron chi connectivity index (χ2n) is 8.82. The summed E-state index contributed by atoms with van der Waals surface area (Å²) in [7, 11) is 0. The summed E-state index contributed by atoms with van der Waals surface area (Å²) >= 11 is 0. The number of nitrogens with two attached hydrogens (primary N) is 1. The van der Waals surface area contributed by atoms with Gasteiger partial charge in [0, 0.05) is 42.9 Å².